The first-order valence-corrected chi connectivity index (χ1v) is 11.5. The lowest BCUT2D eigenvalue weighted by Gasteiger charge is -2.23. The average Bonchev–Trinajstić information content (AvgIpc) is 3.31. The summed E-state index contributed by atoms with van der Waals surface area (Å²) in [6, 6.07) is 2.77. The van der Waals surface area contributed by atoms with E-state index in [0.717, 1.165) is 12.8 Å². The fourth-order valence-corrected chi connectivity index (χ4v) is 4.65. The van der Waals surface area contributed by atoms with Crippen LogP contribution in [0.25, 0.3) is 0 Å². The molecule has 2 aliphatic heterocycles. The molecule has 0 unspecified atom stereocenters. The number of ether oxygens (including phenoxy) is 3. The van der Waals surface area contributed by atoms with Crippen molar-refractivity contribution >= 4 is 16.0 Å². The van der Waals surface area contributed by atoms with E-state index in [4.69, 9.17) is 9.47 Å². The van der Waals surface area contributed by atoms with Gasteiger partial charge < -0.3 is 24.8 Å². The Balaban J connectivity index is 1.71. The fourth-order valence-electron chi connectivity index (χ4n) is 3.46. The highest BCUT2D eigenvalue weighted by Crippen LogP contribution is 2.39. The molecule has 12 heteroatoms. The molecule has 0 bridgehead atoms. The monoisotopic (exact) mass is 448 g/mol. The van der Waals surface area contributed by atoms with Crippen LogP contribution in [-0.4, -0.2) is 64.0 Å². The Morgan fingerprint density at radius 1 is 1.33 bits per heavy atom. The van der Waals surface area contributed by atoms with E-state index in [9.17, 15) is 17.2 Å². The molecule has 1 saturated heterocycles. The van der Waals surface area contributed by atoms with Crippen molar-refractivity contribution in [2.24, 2.45) is 4.99 Å². The summed E-state index contributed by atoms with van der Waals surface area (Å²) in [7, 11) is -3.27. The van der Waals surface area contributed by atoms with Gasteiger partial charge in [0, 0.05) is 37.3 Å². The second kappa shape index (κ2) is 9.65. The molecule has 2 aliphatic rings. The molecular weight excluding hydrogens is 422 g/mol. The summed E-state index contributed by atoms with van der Waals surface area (Å²) < 4.78 is 66.0. The summed E-state index contributed by atoms with van der Waals surface area (Å²) in [4.78, 5) is 4.43. The Labute approximate surface area is 174 Å². The SMILES string of the molecule is CCNC(=NCc1cc2c(cc1OC(F)F)OCO2)NC[C@H]1CCCN1S(C)(=O)=O. The van der Waals surface area contributed by atoms with Crippen LogP contribution in [0.3, 0.4) is 0 Å². The summed E-state index contributed by atoms with van der Waals surface area (Å²) >= 11 is 0. The van der Waals surface area contributed by atoms with Gasteiger partial charge in [0.25, 0.3) is 0 Å². The summed E-state index contributed by atoms with van der Waals surface area (Å²) in [5, 5.41) is 6.20. The lowest BCUT2D eigenvalue weighted by Crippen LogP contribution is -2.46. The molecular formula is C18H26F2N4O5S. The third-order valence-corrected chi connectivity index (χ3v) is 6.11. The number of guanidine groups is 1. The minimum Gasteiger partial charge on any atom is -0.454 e. The standard InChI is InChI=1S/C18H26F2N4O5S/c1-3-21-18(23-10-13-5-4-6-24(13)30(2,25)26)22-9-12-7-15-16(28-11-27-15)8-14(12)29-17(19)20/h7-8,13,17H,3-6,9-11H2,1-2H3,(H2,21,22,23)/t13-/m1/s1. The third kappa shape index (κ3) is 5.63. The molecule has 30 heavy (non-hydrogen) atoms. The van der Waals surface area contributed by atoms with Crippen LogP contribution in [0.2, 0.25) is 0 Å². The van der Waals surface area contributed by atoms with E-state index in [0.29, 0.717) is 42.7 Å². The van der Waals surface area contributed by atoms with Gasteiger partial charge in [-0.2, -0.15) is 13.1 Å². The number of rotatable bonds is 8. The molecule has 0 spiro atoms. The first-order chi connectivity index (χ1) is 14.3. The minimum absolute atomic E-state index is 0.0125. The second-order valence-corrected chi connectivity index (χ2v) is 8.87. The maximum Gasteiger partial charge on any atom is 0.387 e. The van der Waals surface area contributed by atoms with Crippen LogP contribution in [-0.2, 0) is 16.6 Å². The quantitative estimate of drug-likeness (QED) is 0.459. The van der Waals surface area contributed by atoms with Gasteiger partial charge in [0.2, 0.25) is 16.8 Å². The molecule has 1 atom stereocenters. The van der Waals surface area contributed by atoms with Crippen molar-refractivity contribution in [3.8, 4) is 17.2 Å². The molecule has 1 aromatic rings. The highest BCUT2D eigenvalue weighted by molar-refractivity contribution is 7.88. The summed E-state index contributed by atoms with van der Waals surface area (Å²) in [6.07, 6.45) is 2.77. The van der Waals surface area contributed by atoms with Crippen molar-refractivity contribution in [2.45, 2.75) is 39.0 Å². The molecule has 9 nitrogen and oxygen atoms in total. The number of halogens is 2. The lowest BCUT2D eigenvalue weighted by molar-refractivity contribution is -0.0505. The summed E-state index contributed by atoms with van der Waals surface area (Å²) in [5.74, 6) is 1.19. The van der Waals surface area contributed by atoms with Gasteiger partial charge in [-0.3, -0.25) is 0 Å². The van der Waals surface area contributed by atoms with Gasteiger partial charge in [0.1, 0.15) is 5.75 Å². The maximum absolute atomic E-state index is 12.8. The predicted molar refractivity (Wildman–Crippen MR) is 107 cm³/mol. The van der Waals surface area contributed by atoms with Crippen LogP contribution in [0.15, 0.2) is 17.1 Å². The zero-order valence-corrected chi connectivity index (χ0v) is 17.7. The molecule has 2 N–H and O–H groups in total. The van der Waals surface area contributed by atoms with Gasteiger partial charge in [-0.05, 0) is 25.8 Å². The van der Waals surface area contributed by atoms with Crippen molar-refractivity contribution in [2.75, 3.05) is 32.7 Å². The molecule has 3 rings (SSSR count). The number of aliphatic imine (C=N–C) groups is 1. The van der Waals surface area contributed by atoms with Gasteiger partial charge in [0.15, 0.2) is 17.5 Å². The topological polar surface area (TPSA) is 101 Å². The van der Waals surface area contributed by atoms with Gasteiger partial charge in [-0.25, -0.2) is 13.4 Å². The van der Waals surface area contributed by atoms with E-state index < -0.39 is 16.6 Å². The number of hydrogen-bond acceptors (Lipinski definition) is 6. The van der Waals surface area contributed by atoms with Crippen LogP contribution in [0.4, 0.5) is 8.78 Å². The van der Waals surface area contributed by atoms with E-state index in [2.05, 4.69) is 20.4 Å². The normalized spacial score (nSPS) is 19.4. The Morgan fingerprint density at radius 2 is 2.07 bits per heavy atom. The summed E-state index contributed by atoms with van der Waals surface area (Å²) in [6.45, 7) is 0.441. The first-order valence-electron chi connectivity index (χ1n) is 9.64. The van der Waals surface area contributed by atoms with Gasteiger partial charge in [-0.1, -0.05) is 0 Å². The summed E-state index contributed by atoms with van der Waals surface area (Å²) in [5.41, 5.74) is 0.412. The van der Waals surface area contributed by atoms with E-state index in [1.165, 1.54) is 16.6 Å². The number of nitrogens with one attached hydrogen (secondary N) is 2. The number of hydrogen-bond donors (Lipinski definition) is 2. The molecule has 0 aliphatic carbocycles. The molecule has 2 heterocycles. The van der Waals surface area contributed by atoms with Crippen LogP contribution in [0.5, 0.6) is 17.2 Å². The maximum atomic E-state index is 12.8. The van der Waals surface area contributed by atoms with Crippen molar-refractivity contribution in [3.05, 3.63) is 17.7 Å². The van der Waals surface area contributed by atoms with Crippen LogP contribution in [0.1, 0.15) is 25.3 Å². The van der Waals surface area contributed by atoms with Gasteiger partial charge in [0.05, 0.1) is 12.8 Å². The molecule has 0 saturated carbocycles. The number of fused-ring (bicyclic) bond motifs is 1. The van der Waals surface area contributed by atoms with Crippen LogP contribution >= 0.6 is 0 Å². The number of benzene rings is 1. The first kappa shape index (κ1) is 22.3. The lowest BCUT2D eigenvalue weighted by atomic mass is 10.1. The Morgan fingerprint density at radius 3 is 2.73 bits per heavy atom. The van der Waals surface area contributed by atoms with Crippen molar-refractivity contribution in [1.29, 1.82) is 0 Å². The Bertz CT molecular complexity index is 882. The molecule has 168 valence electrons. The van der Waals surface area contributed by atoms with E-state index >= 15 is 0 Å². The second-order valence-electron chi connectivity index (χ2n) is 6.94. The number of sulfonamides is 1. The highest BCUT2D eigenvalue weighted by Gasteiger charge is 2.31. The van der Waals surface area contributed by atoms with Crippen LogP contribution in [0, 0.1) is 0 Å². The minimum atomic E-state index is -3.27. The van der Waals surface area contributed by atoms with Crippen LogP contribution < -0.4 is 24.8 Å². The largest absolute Gasteiger partial charge is 0.454 e. The molecule has 0 aromatic heterocycles. The molecule has 0 amide bonds. The smallest absolute Gasteiger partial charge is 0.387 e. The third-order valence-electron chi connectivity index (χ3n) is 4.78. The fraction of sp³-hybridized carbons (Fsp3) is 0.611. The Kier molecular flexibility index (Phi) is 7.19. The predicted octanol–water partition coefficient (Wildman–Crippen LogP) is 1.50. The molecule has 1 aromatic carbocycles. The van der Waals surface area contributed by atoms with E-state index in [1.807, 2.05) is 6.92 Å². The molecule has 0 radical (unpaired) electrons. The van der Waals surface area contributed by atoms with Crippen molar-refractivity contribution in [3.63, 3.8) is 0 Å². The Hall–Kier alpha value is -2.34. The van der Waals surface area contributed by atoms with E-state index in [1.54, 1.807) is 6.07 Å². The van der Waals surface area contributed by atoms with Crippen molar-refractivity contribution < 1.29 is 31.4 Å². The molecule has 1 fully saturated rings. The highest BCUT2D eigenvalue weighted by atomic mass is 32.2. The number of alkyl halides is 2. The van der Waals surface area contributed by atoms with Crippen molar-refractivity contribution in [1.82, 2.24) is 14.9 Å². The average molecular weight is 448 g/mol. The number of nitrogens with zero attached hydrogens (tertiary/aromatic N) is 2. The zero-order chi connectivity index (χ0) is 21.7. The van der Waals surface area contributed by atoms with E-state index in [-0.39, 0.29) is 25.1 Å². The van der Waals surface area contributed by atoms with Gasteiger partial charge >= 0.3 is 6.61 Å². The van der Waals surface area contributed by atoms with Gasteiger partial charge in [-0.15, -0.1) is 0 Å². The zero-order valence-electron chi connectivity index (χ0n) is 16.9.